The van der Waals surface area contributed by atoms with Crippen molar-refractivity contribution >= 4 is 13.9 Å². The number of fused-ring (bicyclic) bond motifs is 3. The number of aryl methyl sites for hydroxylation is 1. The third kappa shape index (κ3) is 8.31. The third-order valence-corrected chi connectivity index (χ3v) is 6.97. The van der Waals surface area contributed by atoms with Crippen molar-refractivity contribution in [3.63, 3.8) is 0 Å². The Kier molecular flexibility index (Phi) is 11.4. The molecular formula is C24H42N3O7P. The summed E-state index contributed by atoms with van der Waals surface area (Å²) >= 11 is 0. The van der Waals surface area contributed by atoms with E-state index in [1.807, 2.05) is 6.07 Å². The second-order valence-corrected chi connectivity index (χ2v) is 10.8. The van der Waals surface area contributed by atoms with Crippen molar-refractivity contribution in [2.45, 2.75) is 77.7 Å². The van der Waals surface area contributed by atoms with Crippen molar-refractivity contribution in [2.24, 2.45) is 5.92 Å². The monoisotopic (exact) mass is 515 g/mol. The quantitative estimate of drug-likeness (QED) is 0.160. The lowest BCUT2D eigenvalue weighted by molar-refractivity contribution is 0.00763. The molecule has 0 unspecified atom stereocenters. The highest BCUT2D eigenvalue weighted by atomic mass is 31.2. The first-order valence-electron chi connectivity index (χ1n) is 11.7. The zero-order valence-corrected chi connectivity index (χ0v) is 22.2. The highest BCUT2D eigenvalue weighted by Crippen LogP contribution is 2.54. The zero-order chi connectivity index (χ0) is 24.2. The number of carbonyl (C=O) groups is 1. The van der Waals surface area contributed by atoms with Crippen molar-refractivity contribution in [3.05, 3.63) is 34.9 Å². The van der Waals surface area contributed by atoms with E-state index in [9.17, 15) is 9.36 Å². The molecule has 1 aliphatic heterocycles. The largest absolute Gasteiger partial charge is 0.487 e. The van der Waals surface area contributed by atoms with E-state index in [0.717, 1.165) is 55.4 Å². The molecule has 11 heteroatoms. The highest BCUT2D eigenvalue weighted by Gasteiger charge is 2.46. The van der Waals surface area contributed by atoms with Gasteiger partial charge in [0, 0.05) is 23.9 Å². The number of ether oxygens (including phenoxy) is 2. The molecule has 3 rings (SSSR count). The van der Waals surface area contributed by atoms with Gasteiger partial charge >= 0.3 is 13.9 Å². The van der Waals surface area contributed by atoms with E-state index in [0.29, 0.717) is 5.75 Å². The number of amides is 1. The Morgan fingerprint density at radius 1 is 1.26 bits per heavy atom. The van der Waals surface area contributed by atoms with E-state index in [1.54, 1.807) is 0 Å². The molecule has 1 aromatic carbocycles. The van der Waals surface area contributed by atoms with E-state index >= 15 is 0 Å². The van der Waals surface area contributed by atoms with Gasteiger partial charge in [-0.05, 0) is 64.2 Å². The van der Waals surface area contributed by atoms with Gasteiger partial charge in [0.25, 0.3) is 0 Å². The standard InChI is InChI=1S/C24H36NO7P.2H3N/c1-5-6-7-8-17-14-20(31-23(26)25-11-12-30-33(27,28)29)22-18-13-16(2)9-10-19(18)24(3,4)32-21(22)15-17;;/h9,14-15,18-19H,5-8,10-13H2,1-4H3,(H,25,26)(H2,27,28,29);2*1H3/t18-,19-;;/m1../s1. The molecule has 2 atom stereocenters. The van der Waals surface area contributed by atoms with Gasteiger partial charge < -0.3 is 36.9 Å². The van der Waals surface area contributed by atoms with E-state index in [1.165, 1.54) is 5.57 Å². The van der Waals surface area contributed by atoms with Gasteiger partial charge in [0.2, 0.25) is 0 Å². The molecule has 0 fully saturated rings. The number of unbranched alkanes of at least 4 members (excludes halogenated alkanes) is 2. The normalized spacial score (nSPS) is 20.1. The number of allylic oxidation sites excluding steroid dienone is 2. The van der Waals surface area contributed by atoms with E-state index in [2.05, 4.69) is 49.7 Å². The van der Waals surface area contributed by atoms with Crippen LogP contribution in [0.2, 0.25) is 0 Å². The Hall–Kier alpha value is -1.94. The SMILES string of the molecule is CCCCCc1cc(OC(=O)NCCOP(=O)(O)O)c2c(c1)OC(C)(C)[C@@H]1CC=C(C)C[C@@H]21.N.N. The van der Waals surface area contributed by atoms with Crippen LogP contribution >= 0.6 is 7.82 Å². The van der Waals surface area contributed by atoms with Gasteiger partial charge in [-0.1, -0.05) is 31.4 Å². The van der Waals surface area contributed by atoms with Crippen LogP contribution in [-0.4, -0.2) is 34.6 Å². The van der Waals surface area contributed by atoms with Crippen molar-refractivity contribution in [3.8, 4) is 11.5 Å². The van der Waals surface area contributed by atoms with Gasteiger partial charge in [0.1, 0.15) is 17.1 Å². The summed E-state index contributed by atoms with van der Waals surface area (Å²) in [5.74, 6) is 1.71. The van der Waals surface area contributed by atoms with Gasteiger partial charge in [0.05, 0.1) is 6.61 Å². The number of rotatable bonds is 9. The minimum absolute atomic E-state index is 0. The summed E-state index contributed by atoms with van der Waals surface area (Å²) in [6, 6.07) is 4.03. The van der Waals surface area contributed by atoms with Crippen LogP contribution in [-0.2, 0) is 15.5 Å². The maximum absolute atomic E-state index is 12.5. The summed E-state index contributed by atoms with van der Waals surface area (Å²) in [6.45, 7) is 8.14. The summed E-state index contributed by atoms with van der Waals surface area (Å²) in [6.07, 6.45) is 7.51. The molecule has 35 heavy (non-hydrogen) atoms. The predicted molar refractivity (Wildman–Crippen MR) is 136 cm³/mol. The number of phosphoric acid groups is 1. The average molecular weight is 516 g/mol. The highest BCUT2D eigenvalue weighted by molar-refractivity contribution is 7.46. The molecule has 2 aliphatic rings. The van der Waals surface area contributed by atoms with Crippen LogP contribution in [0.5, 0.6) is 11.5 Å². The maximum atomic E-state index is 12.5. The topological polar surface area (TPSA) is 184 Å². The van der Waals surface area contributed by atoms with Crippen LogP contribution in [0.4, 0.5) is 4.79 Å². The number of benzene rings is 1. The molecule has 1 amide bonds. The molecule has 1 heterocycles. The van der Waals surface area contributed by atoms with Crippen LogP contribution in [0.25, 0.3) is 0 Å². The van der Waals surface area contributed by atoms with Gasteiger partial charge in [-0.25, -0.2) is 9.36 Å². The Morgan fingerprint density at radius 3 is 2.63 bits per heavy atom. The smallest absolute Gasteiger partial charge is 0.469 e. The average Bonchev–Trinajstić information content (AvgIpc) is 2.70. The lowest BCUT2D eigenvalue weighted by Crippen LogP contribution is -2.45. The molecule has 10 nitrogen and oxygen atoms in total. The Labute approximate surface area is 208 Å². The number of phosphoric ester groups is 1. The zero-order valence-electron chi connectivity index (χ0n) is 21.3. The fourth-order valence-corrected chi connectivity index (χ4v) is 5.19. The molecule has 200 valence electrons. The van der Waals surface area contributed by atoms with E-state index in [-0.39, 0.29) is 42.9 Å². The Balaban J connectivity index is 0.00000306. The molecule has 0 saturated heterocycles. The summed E-state index contributed by atoms with van der Waals surface area (Å²) in [4.78, 5) is 30.1. The molecule has 9 N–H and O–H groups in total. The van der Waals surface area contributed by atoms with Crippen LogP contribution in [0.15, 0.2) is 23.8 Å². The minimum atomic E-state index is -4.58. The van der Waals surface area contributed by atoms with Crippen molar-refractivity contribution in [1.29, 1.82) is 0 Å². The number of nitrogens with one attached hydrogen (secondary N) is 1. The van der Waals surface area contributed by atoms with Gasteiger partial charge in [-0.3, -0.25) is 4.52 Å². The lowest BCUT2D eigenvalue weighted by Gasteiger charge is -2.47. The van der Waals surface area contributed by atoms with Crippen LogP contribution in [0.3, 0.4) is 0 Å². The van der Waals surface area contributed by atoms with Crippen molar-refractivity contribution < 1.29 is 33.1 Å². The molecule has 0 aromatic heterocycles. The van der Waals surface area contributed by atoms with E-state index in [4.69, 9.17) is 19.3 Å². The molecule has 0 radical (unpaired) electrons. The second kappa shape index (κ2) is 12.9. The second-order valence-electron chi connectivity index (χ2n) is 9.51. The first-order chi connectivity index (χ1) is 15.5. The number of carbonyl (C=O) groups excluding carboxylic acids is 1. The Bertz CT molecular complexity index is 945. The van der Waals surface area contributed by atoms with E-state index < -0.39 is 13.9 Å². The summed E-state index contributed by atoms with van der Waals surface area (Å²) in [7, 11) is -4.58. The predicted octanol–water partition coefficient (Wildman–Crippen LogP) is 5.55. The summed E-state index contributed by atoms with van der Waals surface area (Å²) in [5.41, 5.74) is 2.97. The molecular weight excluding hydrogens is 473 g/mol. The minimum Gasteiger partial charge on any atom is -0.487 e. The van der Waals surface area contributed by atoms with Crippen LogP contribution in [0.1, 0.15) is 76.8 Å². The molecule has 1 aliphatic carbocycles. The first-order valence-corrected chi connectivity index (χ1v) is 13.2. The third-order valence-electron chi connectivity index (χ3n) is 6.45. The number of hydrogen-bond acceptors (Lipinski definition) is 7. The van der Waals surface area contributed by atoms with Gasteiger partial charge in [-0.15, -0.1) is 0 Å². The molecule has 0 saturated carbocycles. The van der Waals surface area contributed by atoms with Crippen LogP contribution in [0, 0.1) is 5.92 Å². The fourth-order valence-electron chi connectivity index (χ4n) is 4.86. The number of hydrogen-bond donors (Lipinski definition) is 5. The van der Waals surface area contributed by atoms with Crippen LogP contribution < -0.4 is 27.1 Å². The summed E-state index contributed by atoms with van der Waals surface area (Å²) in [5, 5.41) is 2.50. The Morgan fingerprint density at radius 2 is 1.97 bits per heavy atom. The fraction of sp³-hybridized carbons (Fsp3) is 0.625. The van der Waals surface area contributed by atoms with Crippen molar-refractivity contribution in [1.82, 2.24) is 17.6 Å². The molecule has 1 aromatic rings. The maximum Gasteiger partial charge on any atom is 0.469 e. The van der Waals surface area contributed by atoms with Gasteiger partial charge in [0.15, 0.2) is 0 Å². The molecule has 0 bridgehead atoms. The lowest BCUT2D eigenvalue weighted by atomic mass is 9.67. The summed E-state index contributed by atoms with van der Waals surface area (Å²) < 4.78 is 27.4. The van der Waals surface area contributed by atoms with Gasteiger partial charge in [-0.2, -0.15) is 0 Å². The first kappa shape index (κ1) is 31.1. The molecule has 0 spiro atoms. The van der Waals surface area contributed by atoms with Crippen molar-refractivity contribution in [2.75, 3.05) is 13.2 Å².